The van der Waals surface area contributed by atoms with Crippen LogP contribution < -0.4 is 0 Å². The highest BCUT2D eigenvalue weighted by molar-refractivity contribution is 5.79. The smallest absolute Gasteiger partial charge is 0.222 e. The molecule has 2 atom stereocenters. The molecule has 0 saturated carbocycles. The van der Waals surface area contributed by atoms with E-state index in [2.05, 4.69) is 27.7 Å². The molecular formula is C30H58N2O2. The molecule has 0 spiro atoms. The Balaban J connectivity index is 2.16. The minimum atomic E-state index is 0.134. The van der Waals surface area contributed by atoms with Crippen molar-refractivity contribution in [3.63, 3.8) is 0 Å². The van der Waals surface area contributed by atoms with Gasteiger partial charge >= 0.3 is 0 Å². The summed E-state index contributed by atoms with van der Waals surface area (Å²) in [4.78, 5) is 29.7. The molecule has 4 heteroatoms. The Morgan fingerprint density at radius 3 is 1.06 bits per heavy atom. The van der Waals surface area contributed by atoms with E-state index in [1.807, 2.05) is 9.80 Å². The van der Waals surface area contributed by atoms with Gasteiger partial charge < -0.3 is 9.80 Å². The molecule has 1 aliphatic heterocycles. The fraction of sp³-hybridized carbons (Fsp3) is 0.933. The Bertz CT molecular complexity index is 476. The molecule has 0 aromatic rings. The summed E-state index contributed by atoms with van der Waals surface area (Å²) in [6.07, 6.45) is 24.3. The van der Waals surface area contributed by atoms with Gasteiger partial charge in [-0.1, -0.05) is 117 Å². The lowest BCUT2D eigenvalue weighted by atomic mass is 10.0. The molecule has 0 aliphatic carbocycles. The minimum absolute atomic E-state index is 0.134. The topological polar surface area (TPSA) is 40.6 Å². The van der Waals surface area contributed by atoms with Crippen molar-refractivity contribution in [2.75, 3.05) is 13.1 Å². The van der Waals surface area contributed by atoms with Crippen molar-refractivity contribution in [1.82, 2.24) is 9.80 Å². The Morgan fingerprint density at radius 2 is 0.765 bits per heavy atom. The fourth-order valence-corrected chi connectivity index (χ4v) is 5.28. The van der Waals surface area contributed by atoms with Crippen LogP contribution in [0.5, 0.6) is 0 Å². The zero-order valence-electron chi connectivity index (χ0n) is 23.4. The number of carbonyl (C=O) groups excluding carboxylic acids is 2. The summed E-state index contributed by atoms with van der Waals surface area (Å²) in [5.74, 6) is 0.571. The maximum absolute atomic E-state index is 12.8. The van der Waals surface area contributed by atoms with E-state index in [9.17, 15) is 9.59 Å². The number of piperazine rings is 1. The first-order valence-corrected chi connectivity index (χ1v) is 15.1. The van der Waals surface area contributed by atoms with Crippen LogP contribution in [0.4, 0.5) is 0 Å². The Hall–Kier alpha value is -1.06. The molecule has 1 aliphatic rings. The first-order chi connectivity index (χ1) is 16.5. The predicted molar refractivity (Wildman–Crippen MR) is 146 cm³/mol. The van der Waals surface area contributed by atoms with Crippen molar-refractivity contribution < 1.29 is 9.59 Å². The Morgan fingerprint density at radius 1 is 0.500 bits per heavy atom. The normalized spacial score (nSPS) is 18.5. The predicted octanol–water partition coefficient (Wildman–Crippen LogP) is 8.28. The van der Waals surface area contributed by atoms with E-state index in [1.54, 1.807) is 0 Å². The number of hydrogen-bond acceptors (Lipinski definition) is 2. The fourth-order valence-electron chi connectivity index (χ4n) is 5.28. The largest absolute Gasteiger partial charge is 0.336 e. The molecule has 0 aromatic heterocycles. The molecule has 1 heterocycles. The van der Waals surface area contributed by atoms with E-state index in [0.29, 0.717) is 25.9 Å². The van der Waals surface area contributed by atoms with Crippen LogP contribution in [0.15, 0.2) is 0 Å². The number of rotatable bonds is 20. The van der Waals surface area contributed by atoms with Gasteiger partial charge in [0.05, 0.1) is 0 Å². The minimum Gasteiger partial charge on any atom is -0.336 e. The second-order valence-corrected chi connectivity index (χ2v) is 10.9. The van der Waals surface area contributed by atoms with E-state index in [4.69, 9.17) is 0 Å². The first kappa shape index (κ1) is 31.0. The molecule has 0 radical (unpaired) electrons. The summed E-state index contributed by atoms with van der Waals surface area (Å²) in [6, 6.07) is 0.267. The standard InChI is InChI=1S/C30H58N2O2/c1-5-7-9-11-13-15-17-19-21-23-29(33)31-25-28(4)32(26-27(31)3)30(34)24-22-20-18-16-14-12-10-8-6-2/h27-28H,5-26H2,1-4H3. The van der Waals surface area contributed by atoms with Gasteiger partial charge in [0.15, 0.2) is 0 Å². The molecule has 1 saturated heterocycles. The van der Waals surface area contributed by atoms with Crippen LogP contribution in [0.1, 0.15) is 156 Å². The third-order valence-electron chi connectivity index (χ3n) is 7.62. The Kier molecular flexibility index (Phi) is 18.4. The molecular weight excluding hydrogens is 420 g/mol. The van der Waals surface area contributed by atoms with Crippen LogP contribution >= 0.6 is 0 Å². The second-order valence-electron chi connectivity index (χ2n) is 10.9. The maximum Gasteiger partial charge on any atom is 0.222 e. The third kappa shape index (κ3) is 13.7. The van der Waals surface area contributed by atoms with Gasteiger partial charge in [-0.05, 0) is 26.7 Å². The number of hydrogen-bond donors (Lipinski definition) is 0. The zero-order chi connectivity index (χ0) is 25.0. The summed E-state index contributed by atoms with van der Waals surface area (Å²) in [5, 5.41) is 0. The maximum atomic E-state index is 12.8. The van der Waals surface area contributed by atoms with Crippen molar-refractivity contribution >= 4 is 11.8 Å². The van der Waals surface area contributed by atoms with E-state index in [-0.39, 0.29) is 23.9 Å². The lowest BCUT2D eigenvalue weighted by Crippen LogP contribution is -2.59. The number of carbonyl (C=O) groups is 2. The highest BCUT2D eigenvalue weighted by atomic mass is 16.2. The van der Waals surface area contributed by atoms with Gasteiger partial charge in [-0.3, -0.25) is 9.59 Å². The van der Waals surface area contributed by atoms with Gasteiger partial charge in [0, 0.05) is 38.0 Å². The highest BCUT2D eigenvalue weighted by Crippen LogP contribution is 2.20. The molecule has 1 fully saturated rings. The molecule has 0 N–H and O–H groups in total. The molecule has 0 aromatic carbocycles. The molecule has 1 rings (SSSR count). The Labute approximate surface area is 212 Å². The molecule has 2 amide bonds. The molecule has 4 nitrogen and oxygen atoms in total. The van der Waals surface area contributed by atoms with E-state index in [1.165, 1.54) is 103 Å². The van der Waals surface area contributed by atoms with Crippen LogP contribution in [0.2, 0.25) is 0 Å². The number of amides is 2. The van der Waals surface area contributed by atoms with Crippen LogP contribution in [-0.4, -0.2) is 46.8 Å². The SMILES string of the molecule is CCCCCCCCCCCC(=O)N1CC(C)N(C(=O)CCCCCCCCCCC)CC1C. The average Bonchev–Trinajstić information content (AvgIpc) is 2.82. The van der Waals surface area contributed by atoms with Gasteiger partial charge in [0.2, 0.25) is 11.8 Å². The van der Waals surface area contributed by atoms with Gasteiger partial charge in [0.25, 0.3) is 0 Å². The quantitative estimate of drug-likeness (QED) is 0.165. The lowest BCUT2D eigenvalue weighted by molar-refractivity contribution is -0.145. The average molecular weight is 479 g/mol. The van der Waals surface area contributed by atoms with E-state index >= 15 is 0 Å². The number of nitrogens with zero attached hydrogens (tertiary/aromatic N) is 2. The molecule has 200 valence electrons. The van der Waals surface area contributed by atoms with E-state index in [0.717, 1.165) is 12.8 Å². The monoisotopic (exact) mass is 478 g/mol. The van der Waals surface area contributed by atoms with Crippen molar-refractivity contribution in [1.29, 1.82) is 0 Å². The summed E-state index contributed by atoms with van der Waals surface area (Å²) in [5.41, 5.74) is 0. The van der Waals surface area contributed by atoms with Crippen LogP contribution in [0.3, 0.4) is 0 Å². The second kappa shape index (κ2) is 20.2. The van der Waals surface area contributed by atoms with Crippen LogP contribution in [0.25, 0.3) is 0 Å². The van der Waals surface area contributed by atoms with Crippen LogP contribution in [0, 0.1) is 0 Å². The molecule has 0 bridgehead atoms. The summed E-state index contributed by atoms with van der Waals surface area (Å²) in [7, 11) is 0. The summed E-state index contributed by atoms with van der Waals surface area (Å²) in [6.45, 7) is 10.1. The van der Waals surface area contributed by atoms with Crippen molar-refractivity contribution in [3.05, 3.63) is 0 Å². The highest BCUT2D eigenvalue weighted by Gasteiger charge is 2.33. The zero-order valence-corrected chi connectivity index (χ0v) is 23.4. The lowest BCUT2D eigenvalue weighted by Gasteiger charge is -2.44. The summed E-state index contributed by atoms with van der Waals surface area (Å²) < 4.78 is 0. The van der Waals surface area contributed by atoms with Crippen LogP contribution in [-0.2, 0) is 9.59 Å². The third-order valence-corrected chi connectivity index (χ3v) is 7.62. The number of unbranched alkanes of at least 4 members (excludes halogenated alkanes) is 16. The van der Waals surface area contributed by atoms with Crippen molar-refractivity contribution in [3.8, 4) is 0 Å². The van der Waals surface area contributed by atoms with Gasteiger partial charge in [0.1, 0.15) is 0 Å². The molecule has 34 heavy (non-hydrogen) atoms. The van der Waals surface area contributed by atoms with Crippen molar-refractivity contribution in [2.45, 2.75) is 168 Å². The van der Waals surface area contributed by atoms with Crippen molar-refractivity contribution in [2.24, 2.45) is 0 Å². The van der Waals surface area contributed by atoms with Gasteiger partial charge in [-0.15, -0.1) is 0 Å². The molecule has 2 unspecified atom stereocenters. The summed E-state index contributed by atoms with van der Waals surface area (Å²) >= 11 is 0. The van der Waals surface area contributed by atoms with Gasteiger partial charge in [-0.2, -0.15) is 0 Å². The first-order valence-electron chi connectivity index (χ1n) is 15.1. The van der Waals surface area contributed by atoms with Gasteiger partial charge in [-0.25, -0.2) is 0 Å². The van der Waals surface area contributed by atoms with E-state index < -0.39 is 0 Å².